The minimum Gasteiger partial charge on any atom is -0.392 e. The summed E-state index contributed by atoms with van der Waals surface area (Å²) < 4.78 is 0. The van der Waals surface area contributed by atoms with E-state index in [9.17, 15) is 5.11 Å². The monoisotopic (exact) mass is 211 g/mol. The van der Waals surface area contributed by atoms with E-state index in [0.717, 1.165) is 24.3 Å². The normalized spacial score (nSPS) is 16.3. The maximum atomic E-state index is 9.22. The predicted molar refractivity (Wildman–Crippen MR) is 58.8 cm³/mol. The zero-order valence-corrected chi connectivity index (χ0v) is 8.80. The van der Waals surface area contributed by atoms with Gasteiger partial charge in [0.1, 0.15) is 0 Å². The van der Waals surface area contributed by atoms with Gasteiger partial charge < -0.3 is 10.0 Å². The van der Waals surface area contributed by atoms with Gasteiger partial charge in [0.15, 0.2) is 0 Å². The summed E-state index contributed by atoms with van der Waals surface area (Å²) in [6.45, 7) is 2.25. The number of nitrogens with zero attached hydrogens (tertiary/aromatic N) is 1. The molecule has 1 aliphatic rings. The molecule has 0 atom stereocenters. The first kappa shape index (κ1) is 9.81. The van der Waals surface area contributed by atoms with Crippen molar-refractivity contribution in [3.05, 3.63) is 28.8 Å². The van der Waals surface area contributed by atoms with Crippen molar-refractivity contribution < 1.29 is 5.11 Å². The van der Waals surface area contributed by atoms with Crippen molar-refractivity contribution in [2.24, 2.45) is 0 Å². The van der Waals surface area contributed by atoms with Crippen LogP contribution in [-0.4, -0.2) is 18.2 Å². The Morgan fingerprint density at radius 2 is 2.00 bits per heavy atom. The lowest BCUT2D eigenvalue weighted by Crippen LogP contribution is -2.19. The third-order valence-corrected chi connectivity index (χ3v) is 2.89. The molecular formula is C11H14ClNO. The van der Waals surface area contributed by atoms with Gasteiger partial charge in [0.05, 0.1) is 6.61 Å². The van der Waals surface area contributed by atoms with Gasteiger partial charge in [-0.05, 0) is 31.0 Å². The average Bonchev–Trinajstić information content (AvgIpc) is 2.70. The summed E-state index contributed by atoms with van der Waals surface area (Å²) in [5.74, 6) is 0. The minimum absolute atomic E-state index is 0.0619. The van der Waals surface area contributed by atoms with Gasteiger partial charge in [-0.2, -0.15) is 0 Å². The molecule has 1 aliphatic heterocycles. The van der Waals surface area contributed by atoms with Crippen LogP contribution in [0, 0.1) is 0 Å². The van der Waals surface area contributed by atoms with Crippen LogP contribution in [0.25, 0.3) is 0 Å². The van der Waals surface area contributed by atoms with E-state index in [1.54, 1.807) is 0 Å². The molecule has 1 aromatic rings. The number of aliphatic hydroxyl groups excluding tert-OH is 1. The molecule has 2 rings (SSSR count). The van der Waals surface area contributed by atoms with Gasteiger partial charge in [-0.1, -0.05) is 11.6 Å². The topological polar surface area (TPSA) is 23.5 Å². The van der Waals surface area contributed by atoms with Crippen molar-refractivity contribution >= 4 is 17.3 Å². The number of aliphatic hydroxyl groups is 1. The van der Waals surface area contributed by atoms with E-state index in [2.05, 4.69) is 4.90 Å². The molecule has 0 saturated carbocycles. The van der Waals surface area contributed by atoms with Gasteiger partial charge in [-0.25, -0.2) is 0 Å². The van der Waals surface area contributed by atoms with Crippen LogP contribution in [0.4, 0.5) is 5.69 Å². The third kappa shape index (κ3) is 1.86. The Labute approximate surface area is 89.1 Å². The number of benzene rings is 1. The second-order valence-electron chi connectivity index (χ2n) is 3.63. The quantitative estimate of drug-likeness (QED) is 0.812. The molecule has 1 fully saturated rings. The van der Waals surface area contributed by atoms with Crippen molar-refractivity contribution in [2.45, 2.75) is 19.4 Å². The zero-order valence-electron chi connectivity index (χ0n) is 8.04. The Hall–Kier alpha value is -0.730. The van der Waals surface area contributed by atoms with Crippen LogP contribution in [0.5, 0.6) is 0 Å². The third-order valence-electron chi connectivity index (χ3n) is 2.66. The first-order valence-electron chi connectivity index (χ1n) is 4.95. The molecule has 1 heterocycles. The fourth-order valence-corrected chi connectivity index (χ4v) is 2.14. The SMILES string of the molecule is OCc1cc(Cl)ccc1N1CCCC1. The van der Waals surface area contributed by atoms with Gasteiger partial charge in [0.2, 0.25) is 0 Å². The maximum Gasteiger partial charge on any atom is 0.0702 e. The second-order valence-corrected chi connectivity index (χ2v) is 4.06. The molecule has 0 radical (unpaired) electrons. The lowest BCUT2D eigenvalue weighted by Gasteiger charge is -2.20. The lowest BCUT2D eigenvalue weighted by atomic mass is 10.1. The van der Waals surface area contributed by atoms with E-state index in [1.165, 1.54) is 12.8 Å². The Morgan fingerprint density at radius 1 is 1.29 bits per heavy atom. The van der Waals surface area contributed by atoms with Gasteiger partial charge in [0, 0.05) is 29.4 Å². The highest BCUT2D eigenvalue weighted by Crippen LogP contribution is 2.27. The maximum absolute atomic E-state index is 9.22. The van der Waals surface area contributed by atoms with Gasteiger partial charge >= 0.3 is 0 Å². The molecule has 0 spiro atoms. The van der Waals surface area contributed by atoms with E-state index in [-0.39, 0.29) is 6.61 Å². The van der Waals surface area contributed by atoms with Crippen molar-refractivity contribution in [1.29, 1.82) is 0 Å². The summed E-state index contributed by atoms with van der Waals surface area (Å²) in [7, 11) is 0. The fraction of sp³-hybridized carbons (Fsp3) is 0.455. The molecule has 14 heavy (non-hydrogen) atoms. The molecular weight excluding hydrogens is 198 g/mol. The summed E-state index contributed by atoms with van der Waals surface area (Å²) in [4.78, 5) is 2.31. The van der Waals surface area contributed by atoms with Crippen LogP contribution in [-0.2, 0) is 6.61 Å². The Bertz CT molecular complexity index is 321. The van der Waals surface area contributed by atoms with Crippen molar-refractivity contribution in [1.82, 2.24) is 0 Å². The molecule has 0 aromatic heterocycles. The van der Waals surface area contributed by atoms with E-state index >= 15 is 0 Å². The molecule has 1 saturated heterocycles. The summed E-state index contributed by atoms with van der Waals surface area (Å²) in [6.07, 6.45) is 2.49. The van der Waals surface area contributed by atoms with E-state index in [4.69, 9.17) is 11.6 Å². The molecule has 0 aliphatic carbocycles. The standard InChI is InChI=1S/C11H14ClNO/c12-10-3-4-11(9(7-10)8-14)13-5-1-2-6-13/h3-4,7,14H,1-2,5-6,8H2. The number of halogens is 1. The average molecular weight is 212 g/mol. The molecule has 0 bridgehead atoms. The summed E-state index contributed by atoms with van der Waals surface area (Å²) in [5.41, 5.74) is 2.06. The molecule has 0 unspecified atom stereocenters. The number of hydrogen-bond acceptors (Lipinski definition) is 2. The highest BCUT2D eigenvalue weighted by Gasteiger charge is 2.15. The first-order valence-corrected chi connectivity index (χ1v) is 5.33. The first-order chi connectivity index (χ1) is 6.81. The van der Waals surface area contributed by atoms with Gasteiger partial charge in [-0.15, -0.1) is 0 Å². The molecule has 2 nitrogen and oxygen atoms in total. The fourth-order valence-electron chi connectivity index (χ4n) is 1.95. The van der Waals surface area contributed by atoms with Gasteiger partial charge in [0.25, 0.3) is 0 Å². The molecule has 1 aromatic carbocycles. The van der Waals surface area contributed by atoms with Crippen LogP contribution in [0.1, 0.15) is 18.4 Å². The largest absolute Gasteiger partial charge is 0.392 e. The molecule has 1 N–H and O–H groups in total. The molecule has 3 heteroatoms. The second kappa shape index (κ2) is 4.20. The predicted octanol–water partition coefficient (Wildman–Crippen LogP) is 2.43. The lowest BCUT2D eigenvalue weighted by molar-refractivity contribution is 0.282. The smallest absolute Gasteiger partial charge is 0.0702 e. The van der Waals surface area contributed by atoms with Crippen molar-refractivity contribution in [3.8, 4) is 0 Å². The molecule has 76 valence electrons. The number of rotatable bonds is 2. The Balaban J connectivity index is 2.31. The van der Waals surface area contributed by atoms with Crippen molar-refractivity contribution in [3.63, 3.8) is 0 Å². The van der Waals surface area contributed by atoms with E-state index < -0.39 is 0 Å². The highest BCUT2D eigenvalue weighted by molar-refractivity contribution is 6.30. The van der Waals surface area contributed by atoms with Crippen LogP contribution < -0.4 is 4.90 Å². The van der Waals surface area contributed by atoms with Crippen molar-refractivity contribution in [2.75, 3.05) is 18.0 Å². The summed E-state index contributed by atoms with van der Waals surface area (Å²) in [5, 5.41) is 9.91. The Kier molecular flexibility index (Phi) is 2.94. The number of anilines is 1. The van der Waals surface area contributed by atoms with E-state index in [1.807, 2.05) is 18.2 Å². The molecule has 0 amide bonds. The van der Waals surface area contributed by atoms with E-state index in [0.29, 0.717) is 5.02 Å². The Morgan fingerprint density at radius 3 is 2.64 bits per heavy atom. The van der Waals surface area contributed by atoms with Crippen LogP contribution in [0.2, 0.25) is 5.02 Å². The summed E-state index contributed by atoms with van der Waals surface area (Å²) in [6, 6.07) is 5.72. The van der Waals surface area contributed by atoms with Crippen LogP contribution >= 0.6 is 11.6 Å². The minimum atomic E-state index is 0.0619. The summed E-state index contributed by atoms with van der Waals surface area (Å²) >= 11 is 5.87. The van der Waals surface area contributed by atoms with Crippen LogP contribution in [0.3, 0.4) is 0 Å². The zero-order chi connectivity index (χ0) is 9.97. The number of hydrogen-bond donors (Lipinski definition) is 1. The highest BCUT2D eigenvalue weighted by atomic mass is 35.5. The van der Waals surface area contributed by atoms with Crippen LogP contribution in [0.15, 0.2) is 18.2 Å². The van der Waals surface area contributed by atoms with Gasteiger partial charge in [-0.3, -0.25) is 0 Å².